The van der Waals surface area contributed by atoms with E-state index in [9.17, 15) is 9.18 Å². The molecule has 0 aliphatic rings. The first kappa shape index (κ1) is 8.72. The lowest BCUT2D eigenvalue weighted by atomic mass is 10.2. The number of benzene rings is 1. The highest BCUT2D eigenvalue weighted by atomic mass is 32.1. The van der Waals surface area contributed by atoms with Crippen LogP contribution < -0.4 is 0 Å². The highest BCUT2D eigenvalue weighted by molar-refractivity contribution is 7.80. The van der Waals surface area contributed by atoms with E-state index in [0.29, 0.717) is 22.1 Å². The molecule has 1 heterocycles. The Morgan fingerprint density at radius 2 is 2.31 bits per heavy atom. The number of carbonyl (C=O) groups is 1. The van der Waals surface area contributed by atoms with Crippen molar-refractivity contribution in [2.24, 2.45) is 0 Å². The average Bonchev–Trinajstić information content (AvgIpc) is 2.60. The van der Waals surface area contributed by atoms with Gasteiger partial charge in [0.2, 0.25) is 0 Å². The fourth-order valence-electron chi connectivity index (χ4n) is 1.21. The highest BCUT2D eigenvalue weighted by Crippen LogP contribution is 2.31. The zero-order valence-electron chi connectivity index (χ0n) is 6.45. The lowest BCUT2D eigenvalue weighted by Gasteiger charge is -1.99. The van der Waals surface area contributed by atoms with E-state index in [2.05, 4.69) is 12.6 Å². The number of thiol groups is 1. The van der Waals surface area contributed by atoms with Crippen molar-refractivity contribution >= 4 is 40.3 Å². The van der Waals surface area contributed by atoms with Crippen molar-refractivity contribution in [2.75, 3.05) is 0 Å². The van der Waals surface area contributed by atoms with Crippen molar-refractivity contribution < 1.29 is 9.18 Å². The first-order chi connectivity index (χ1) is 6.24. The molecule has 13 heavy (non-hydrogen) atoms. The van der Waals surface area contributed by atoms with Gasteiger partial charge in [0.1, 0.15) is 5.82 Å². The number of thiophene rings is 1. The molecule has 0 fully saturated rings. The Kier molecular flexibility index (Phi) is 2.09. The first-order valence-corrected chi connectivity index (χ1v) is 4.90. The van der Waals surface area contributed by atoms with Crippen LogP contribution in [-0.2, 0) is 0 Å². The van der Waals surface area contributed by atoms with Crippen molar-refractivity contribution in [3.05, 3.63) is 28.9 Å². The van der Waals surface area contributed by atoms with E-state index in [1.807, 2.05) is 5.38 Å². The molecule has 0 aliphatic carbocycles. The molecule has 0 atom stereocenters. The molecule has 0 aliphatic heterocycles. The van der Waals surface area contributed by atoms with Gasteiger partial charge in [0.05, 0.1) is 0 Å². The largest absolute Gasteiger partial charge is 0.298 e. The molecule has 2 rings (SSSR count). The van der Waals surface area contributed by atoms with E-state index < -0.39 is 5.82 Å². The van der Waals surface area contributed by atoms with Crippen LogP contribution in [0.3, 0.4) is 0 Å². The van der Waals surface area contributed by atoms with Crippen LogP contribution in [-0.4, -0.2) is 6.29 Å². The van der Waals surface area contributed by atoms with Crippen LogP contribution in [0.25, 0.3) is 10.1 Å². The number of aldehydes is 1. The number of rotatable bonds is 1. The fraction of sp³-hybridized carbons (Fsp3) is 0. The molecule has 1 aromatic heterocycles. The number of fused-ring (bicyclic) bond motifs is 1. The molecule has 0 saturated heterocycles. The maximum Gasteiger partial charge on any atom is 0.151 e. The molecule has 0 amide bonds. The topological polar surface area (TPSA) is 17.1 Å². The molecule has 1 nitrogen and oxygen atoms in total. The third-order valence-corrected chi connectivity index (χ3v) is 3.24. The van der Waals surface area contributed by atoms with Gasteiger partial charge in [0.15, 0.2) is 6.29 Å². The average molecular weight is 212 g/mol. The lowest BCUT2D eigenvalue weighted by molar-refractivity contribution is 0.112. The first-order valence-electron chi connectivity index (χ1n) is 3.58. The Balaban J connectivity index is 2.95. The van der Waals surface area contributed by atoms with Gasteiger partial charge >= 0.3 is 0 Å². The van der Waals surface area contributed by atoms with Crippen LogP contribution in [0, 0.1) is 5.82 Å². The summed E-state index contributed by atoms with van der Waals surface area (Å²) in [7, 11) is 0. The van der Waals surface area contributed by atoms with Gasteiger partial charge in [-0.15, -0.1) is 24.0 Å². The maximum atomic E-state index is 13.1. The zero-order valence-corrected chi connectivity index (χ0v) is 8.16. The summed E-state index contributed by atoms with van der Waals surface area (Å²) in [5.74, 6) is -0.448. The molecule has 1 aromatic carbocycles. The summed E-state index contributed by atoms with van der Waals surface area (Å²) in [5.41, 5.74) is 0.389. The zero-order chi connectivity index (χ0) is 9.42. The van der Waals surface area contributed by atoms with Crippen LogP contribution in [0.4, 0.5) is 4.39 Å². The third kappa shape index (κ3) is 1.26. The van der Waals surface area contributed by atoms with E-state index in [-0.39, 0.29) is 0 Å². The number of halogens is 1. The molecule has 0 radical (unpaired) electrons. The molecular formula is C9H5FOS2. The predicted molar refractivity (Wildman–Crippen MR) is 54.4 cm³/mol. The molecule has 66 valence electrons. The van der Waals surface area contributed by atoms with E-state index >= 15 is 0 Å². The second kappa shape index (κ2) is 3.12. The Bertz CT molecular complexity index is 476. The second-order valence-electron chi connectivity index (χ2n) is 2.58. The minimum absolute atomic E-state index is 0.307. The van der Waals surface area contributed by atoms with Crippen LogP contribution in [0.15, 0.2) is 22.4 Å². The minimum atomic E-state index is -0.448. The molecule has 4 heteroatoms. The van der Waals surface area contributed by atoms with Crippen LogP contribution in [0.2, 0.25) is 0 Å². The fourth-order valence-corrected chi connectivity index (χ4v) is 2.41. The van der Waals surface area contributed by atoms with Crippen molar-refractivity contribution in [1.82, 2.24) is 0 Å². The van der Waals surface area contributed by atoms with Crippen LogP contribution in [0.1, 0.15) is 10.4 Å². The molecule has 0 saturated carbocycles. The third-order valence-electron chi connectivity index (χ3n) is 1.82. The predicted octanol–water partition coefficient (Wildman–Crippen LogP) is 3.14. The highest BCUT2D eigenvalue weighted by Gasteiger charge is 2.09. The Morgan fingerprint density at radius 3 is 3.00 bits per heavy atom. The van der Waals surface area contributed by atoms with Gasteiger partial charge in [-0.05, 0) is 17.5 Å². The molecule has 2 aromatic rings. The van der Waals surface area contributed by atoms with Crippen LogP contribution in [0.5, 0.6) is 0 Å². The van der Waals surface area contributed by atoms with Gasteiger partial charge in [-0.3, -0.25) is 4.79 Å². The Hall–Kier alpha value is -0.870. The summed E-state index contributed by atoms with van der Waals surface area (Å²) < 4.78 is 13.9. The van der Waals surface area contributed by atoms with E-state index in [1.54, 1.807) is 6.07 Å². The molecular weight excluding hydrogens is 207 g/mol. The summed E-state index contributed by atoms with van der Waals surface area (Å²) in [4.78, 5) is 10.9. The van der Waals surface area contributed by atoms with Gasteiger partial charge in [0.25, 0.3) is 0 Å². The smallest absolute Gasteiger partial charge is 0.151 e. The van der Waals surface area contributed by atoms with E-state index in [4.69, 9.17) is 0 Å². The molecule has 0 N–H and O–H groups in total. The summed E-state index contributed by atoms with van der Waals surface area (Å²) in [5, 5.41) is 2.52. The minimum Gasteiger partial charge on any atom is -0.298 e. The second-order valence-corrected chi connectivity index (χ2v) is 3.94. The molecule has 0 spiro atoms. The molecule has 0 bridgehead atoms. The summed E-state index contributed by atoms with van der Waals surface area (Å²) in [6.45, 7) is 0. The van der Waals surface area contributed by atoms with Gasteiger partial charge < -0.3 is 0 Å². The maximum absolute atomic E-state index is 13.1. The number of hydrogen-bond donors (Lipinski definition) is 1. The lowest BCUT2D eigenvalue weighted by Crippen LogP contribution is -1.85. The summed E-state index contributed by atoms with van der Waals surface area (Å²) in [6.07, 6.45) is 0.662. The monoisotopic (exact) mass is 212 g/mol. The summed E-state index contributed by atoms with van der Waals surface area (Å²) >= 11 is 5.45. The quantitative estimate of drug-likeness (QED) is 0.567. The normalized spacial score (nSPS) is 10.6. The van der Waals surface area contributed by atoms with Crippen molar-refractivity contribution in [3.8, 4) is 0 Å². The Morgan fingerprint density at radius 1 is 1.54 bits per heavy atom. The SMILES string of the molecule is O=Cc1cc(F)c(S)c2ccsc12. The van der Waals surface area contributed by atoms with Gasteiger partial charge in [-0.1, -0.05) is 0 Å². The van der Waals surface area contributed by atoms with Gasteiger partial charge in [-0.2, -0.15) is 0 Å². The number of carbonyl (C=O) groups excluding carboxylic acids is 1. The van der Waals surface area contributed by atoms with Crippen LogP contribution >= 0.6 is 24.0 Å². The van der Waals surface area contributed by atoms with Crippen molar-refractivity contribution in [1.29, 1.82) is 0 Å². The molecule has 0 unspecified atom stereocenters. The van der Waals surface area contributed by atoms with Gasteiger partial charge in [0, 0.05) is 20.5 Å². The standard InChI is InChI=1S/C9H5FOS2/c10-7-3-5(4-11)9-6(8(7)12)1-2-13-9/h1-4,12H. The summed E-state index contributed by atoms with van der Waals surface area (Å²) in [6, 6.07) is 2.98. The van der Waals surface area contributed by atoms with Crippen molar-refractivity contribution in [3.63, 3.8) is 0 Å². The van der Waals surface area contributed by atoms with E-state index in [0.717, 1.165) is 4.70 Å². The van der Waals surface area contributed by atoms with Gasteiger partial charge in [-0.25, -0.2) is 4.39 Å². The van der Waals surface area contributed by atoms with Crippen molar-refractivity contribution in [2.45, 2.75) is 4.90 Å². The number of hydrogen-bond acceptors (Lipinski definition) is 3. The Labute approximate surface area is 83.6 Å². The van der Waals surface area contributed by atoms with E-state index in [1.165, 1.54) is 17.4 Å².